The van der Waals surface area contributed by atoms with Crippen LogP contribution in [0.2, 0.25) is 0 Å². The summed E-state index contributed by atoms with van der Waals surface area (Å²) in [4.78, 5) is 9.38. The molecule has 2 heteroatoms. The second-order valence-corrected chi connectivity index (χ2v) is 23.1. The van der Waals surface area contributed by atoms with Gasteiger partial charge in [0, 0.05) is 27.5 Å². The van der Waals surface area contributed by atoms with Gasteiger partial charge in [0.25, 0.3) is 0 Å². The number of benzene rings is 6. The Bertz CT molecular complexity index is 2760. The SMILES string of the molecule is CCCCCCCCC1(CCCCCCCC)c2ccccc2-c2ccc(-c3ccc4c(c3)C(CCCCCCCC)(CCCCCCCC)c3cc(-c5nc(-c6ccccc6)c(-c6ccccc6)[nH]5)ccc3-4)cc21. The zero-order chi connectivity index (χ0) is 51.7. The predicted molar refractivity (Wildman–Crippen MR) is 325 cm³/mol. The molecule has 9 rings (SSSR count). The van der Waals surface area contributed by atoms with Crippen molar-refractivity contribution < 1.29 is 0 Å². The van der Waals surface area contributed by atoms with E-state index < -0.39 is 0 Å². The smallest absolute Gasteiger partial charge is 0.138 e. The first-order chi connectivity index (χ1) is 37.0. The van der Waals surface area contributed by atoms with E-state index in [-0.39, 0.29) is 10.8 Å². The highest BCUT2D eigenvalue weighted by molar-refractivity contribution is 5.89. The molecule has 75 heavy (non-hydrogen) atoms. The Morgan fingerprint density at radius 3 is 1.11 bits per heavy atom. The van der Waals surface area contributed by atoms with Crippen LogP contribution in [0, 0.1) is 0 Å². The molecule has 6 aromatic carbocycles. The number of aromatic amines is 1. The quantitative estimate of drug-likeness (QED) is 0.0419. The van der Waals surface area contributed by atoms with Crippen LogP contribution in [0.1, 0.15) is 230 Å². The first kappa shape index (κ1) is 54.3. The predicted octanol–water partition coefficient (Wildman–Crippen LogP) is 22.6. The van der Waals surface area contributed by atoms with Gasteiger partial charge in [-0.05, 0) is 99.5 Å². The standard InChI is InChI=1S/C73H92N2/c1-5-9-13-17-21-33-49-72(50-34-22-18-14-10-6-2)65-42-32-31-41-61(65)62-46-43-58(53-66(62)72)59-44-47-63-64-48-45-60(71-74-69(56-37-27-25-28-38-56)70(75-71)57-39-29-26-30-40-57)55-68(64)73(67(63)54-59,51-35-23-19-15-11-7-3)52-36-24-20-16-12-8-4/h25-32,37-48,53-55H,5-24,33-36,49-52H2,1-4H3,(H,74,75). The molecule has 0 saturated carbocycles. The van der Waals surface area contributed by atoms with Gasteiger partial charge in [0.15, 0.2) is 0 Å². The van der Waals surface area contributed by atoms with Crippen molar-refractivity contribution in [3.63, 3.8) is 0 Å². The minimum Gasteiger partial charge on any atom is -0.337 e. The summed E-state index contributed by atoms with van der Waals surface area (Å²) in [6.45, 7) is 9.36. The first-order valence-corrected chi connectivity index (χ1v) is 30.8. The van der Waals surface area contributed by atoms with Gasteiger partial charge in [-0.3, -0.25) is 0 Å². The van der Waals surface area contributed by atoms with Gasteiger partial charge in [-0.15, -0.1) is 0 Å². The first-order valence-electron chi connectivity index (χ1n) is 30.8. The number of hydrogen-bond donors (Lipinski definition) is 1. The molecule has 394 valence electrons. The lowest BCUT2D eigenvalue weighted by Gasteiger charge is -2.34. The number of H-pyrrole nitrogens is 1. The van der Waals surface area contributed by atoms with Crippen LogP contribution in [0.15, 0.2) is 140 Å². The van der Waals surface area contributed by atoms with Crippen molar-refractivity contribution in [2.75, 3.05) is 0 Å². The molecule has 0 unspecified atom stereocenters. The third-order valence-electron chi connectivity index (χ3n) is 17.9. The number of unbranched alkanes of at least 4 members (excludes halogenated alkanes) is 20. The summed E-state index contributed by atoms with van der Waals surface area (Å²) < 4.78 is 0. The number of nitrogens with one attached hydrogen (secondary N) is 1. The lowest BCUT2D eigenvalue weighted by atomic mass is 9.69. The number of imidazole rings is 1. The van der Waals surface area contributed by atoms with E-state index in [9.17, 15) is 0 Å². The van der Waals surface area contributed by atoms with E-state index >= 15 is 0 Å². The summed E-state index contributed by atoms with van der Waals surface area (Å²) >= 11 is 0. The Labute approximate surface area is 455 Å². The zero-order valence-electron chi connectivity index (χ0n) is 47.0. The number of hydrogen-bond acceptors (Lipinski definition) is 1. The average molecular weight is 998 g/mol. The summed E-state index contributed by atoms with van der Waals surface area (Å²) in [7, 11) is 0. The minimum absolute atomic E-state index is 0.0622. The van der Waals surface area contributed by atoms with Crippen LogP contribution in [0.5, 0.6) is 0 Å². The third kappa shape index (κ3) is 12.4. The van der Waals surface area contributed by atoms with Gasteiger partial charge in [-0.25, -0.2) is 4.98 Å². The van der Waals surface area contributed by atoms with Gasteiger partial charge in [-0.2, -0.15) is 0 Å². The molecule has 0 bridgehead atoms. The number of fused-ring (bicyclic) bond motifs is 6. The topological polar surface area (TPSA) is 28.7 Å². The molecular formula is C73H92N2. The molecule has 0 radical (unpaired) electrons. The van der Waals surface area contributed by atoms with Crippen LogP contribution in [-0.4, -0.2) is 9.97 Å². The zero-order valence-corrected chi connectivity index (χ0v) is 47.0. The van der Waals surface area contributed by atoms with Crippen LogP contribution in [-0.2, 0) is 10.8 Å². The fourth-order valence-corrected chi connectivity index (χ4v) is 13.7. The lowest BCUT2D eigenvalue weighted by molar-refractivity contribution is 0.397. The monoisotopic (exact) mass is 997 g/mol. The Kier molecular flexibility index (Phi) is 19.6. The normalized spacial score (nSPS) is 13.7. The Hall–Kier alpha value is -5.47. The molecule has 0 fully saturated rings. The van der Waals surface area contributed by atoms with Crippen LogP contribution in [0.4, 0.5) is 0 Å². The van der Waals surface area contributed by atoms with Crippen molar-refractivity contribution >= 4 is 0 Å². The van der Waals surface area contributed by atoms with E-state index in [4.69, 9.17) is 4.98 Å². The highest BCUT2D eigenvalue weighted by atomic mass is 14.9. The maximum atomic E-state index is 5.48. The molecule has 0 saturated heterocycles. The second kappa shape index (κ2) is 27.0. The highest BCUT2D eigenvalue weighted by Crippen LogP contribution is 2.58. The Balaban J connectivity index is 1.14. The molecule has 2 aliphatic rings. The Morgan fingerprint density at radius 1 is 0.307 bits per heavy atom. The summed E-state index contributed by atoms with van der Waals surface area (Å²) in [6, 6.07) is 53.9. The average Bonchev–Trinajstić information content (AvgIpc) is 4.11. The van der Waals surface area contributed by atoms with Crippen LogP contribution in [0.3, 0.4) is 0 Å². The lowest BCUT2D eigenvalue weighted by Crippen LogP contribution is -2.26. The highest BCUT2D eigenvalue weighted by Gasteiger charge is 2.44. The fraction of sp³-hybridized carbons (Fsp3) is 0.466. The molecule has 1 heterocycles. The van der Waals surface area contributed by atoms with Crippen molar-refractivity contribution in [2.45, 2.75) is 218 Å². The molecule has 7 aromatic rings. The molecule has 2 nitrogen and oxygen atoms in total. The molecule has 2 aliphatic carbocycles. The van der Waals surface area contributed by atoms with Gasteiger partial charge in [0.2, 0.25) is 0 Å². The van der Waals surface area contributed by atoms with Crippen molar-refractivity contribution in [3.05, 3.63) is 162 Å². The molecule has 0 amide bonds. The van der Waals surface area contributed by atoms with E-state index in [1.54, 1.807) is 16.7 Å². The Morgan fingerprint density at radius 2 is 0.653 bits per heavy atom. The van der Waals surface area contributed by atoms with Gasteiger partial charge in [-0.1, -0.05) is 303 Å². The van der Waals surface area contributed by atoms with Crippen LogP contribution < -0.4 is 0 Å². The van der Waals surface area contributed by atoms with Gasteiger partial charge >= 0.3 is 0 Å². The number of aromatic nitrogens is 2. The van der Waals surface area contributed by atoms with Gasteiger partial charge in [0.1, 0.15) is 5.82 Å². The van der Waals surface area contributed by atoms with E-state index in [0.717, 1.165) is 28.3 Å². The number of nitrogens with zero attached hydrogens (tertiary/aromatic N) is 1. The summed E-state index contributed by atoms with van der Waals surface area (Å²) in [5.74, 6) is 0.949. The van der Waals surface area contributed by atoms with Crippen LogP contribution >= 0.6 is 0 Å². The molecule has 1 aromatic heterocycles. The molecule has 0 aliphatic heterocycles. The third-order valence-corrected chi connectivity index (χ3v) is 17.9. The van der Waals surface area contributed by atoms with Crippen molar-refractivity contribution in [3.8, 4) is 67.3 Å². The van der Waals surface area contributed by atoms with Gasteiger partial charge in [0.05, 0.1) is 11.4 Å². The van der Waals surface area contributed by atoms with Crippen molar-refractivity contribution in [2.24, 2.45) is 0 Å². The maximum Gasteiger partial charge on any atom is 0.138 e. The van der Waals surface area contributed by atoms with E-state index in [2.05, 4.69) is 172 Å². The van der Waals surface area contributed by atoms with E-state index in [1.807, 2.05) is 0 Å². The van der Waals surface area contributed by atoms with Gasteiger partial charge < -0.3 is 4.98 Å². The largest absolute Gasteiger partial charge is 0.337 e. The van der Waals surface area contributed by atoms with E-state index in [1.165, 1.54) is 224 Å². The van der Waals surface area contributed by atoms with Crippen LogP contribution in [0.25, 0.3) is 67.3 Å². The summed E-state index contributed by atoms with van der Waals surface area (Å²) in [5, 5.41) is 0. The summed E-state index contributed by atoms with van der Waals surface area (Å²) in [5.41, 5.74) is 20.5. The van der Waals surface area contributed by atoms with E-state index in [0.29, 0.717) is 0 Å². The number of rotatable bonds is 32. The second-order valence-electron chi connectivity index (χ2n) is 23.1. The summed E-state index contributed by atoms with van der Waals surface area (Å²) in [6.07, 6.45) is 36.6. The maximum absolute atomic E-state index is 5.48. The molecule has 0 spiro atoms. The molecule has 1 N–H and O–H groups in total. The minimum atomic E-state index is -0.0738. The molecular weight excluding hydrogens is 905 g/mol. The molecule has 0 atom stereocenters. The fourth-order valence-electron chi connectivity index (χ4n) is 13.7. The van der Waals surface area contributed by atoms with Crippen molar-refractivity contribution in [1.82, 2.24) is 9.97 Å². The van der Waals surface area contributed by atoms with Crippen molar-refractivity contribution in [1.29, 1.82) is 0 Å².